The zero-order valence-corrected chi connectivity index (χ0v) is 10.2. The molecule has 18 heavy (non-hydrogen) atoms. The molecule has 0 radical (unpaired) electrons. The topological polar surface area (TPSA) is 61.5 Å². The summed E-state index contributed by atoms with van der Waals surface area (Å²) in [5.74, 6) is -1.08. The van der Waals surface area contributed by atoms with Crippen LogP contribution in [0.15, 0.2) is 12.1 Å². The number of esters is 1. The highest BCUT2D eigenvalue weighted by Gasteiger charge is 2.21. The Morgan fingerprint density at radius 2 is 2.06 bits per heavy atom. The Labute approximate surface area is 105 Å². The van der Waals surface area contributed by atoms with Gasteiger partial charge in [0.05, 0.1) is 18.8 Å². The van der Waals surface area contributed by atoms with Crippen molar-refractivity contribution in [1.29, 1.82) is 0 Å². The van der Waals surface area contributed by atoms with Crippen LogP contribution in [0.25, 0.3) is 0 Å². The first kappa shape index (κ1) is 12.7. The molecule has 0 saturated heterocycles. The maximum Gasteiger partial charge on any atom is 0.340 e. The van der Waals surface area contributed by atoms with Gasteiger partial charge in [-0.3, -0.25) is 0 Å². The van der Waals surface area contributed by atoms with E-state index in [-0.39, 0.29) is 23.1 Å². The maximum atomic E-state index is 13.7. The Hall–Kier alpha value is -1.78. The molecule has 1 aliphatic rings. The first-order valence-corrected chi connectivity index (χ1v) is 5.96. The SMILES string of the molecule is COC(=O)c1cc(OC2CCCC2)c(F)cc1N. The van der Waals surface area contributed by atoms with Gasteiger partial charge in [-0.05, 0) is 31.7 Å². The van der Waals surface area contributed by atoms with Gasteiger partial charge in [0.15, 0.2) is 11.6 Å². The Morgan fingerprint density at radius 1 is 1.39 bits per heavy atom. The predicted octanol–water partition coefficient (Wildman–Crippen LogP) is 2.52. The standard InChI is InChI=1S/C13H16FNO3/c1-17-13(16)9-6-12(10(14)7-11(9)15)18-8-4-2-3-5-8/h6-8H,2-5,15H2,1H3. The van der Waals surface area contributed by atoms with Crippen molar-refractivity contribution in [3.05, 3.63) is 23.5 Å². The van der Waals surface area contributed by atoms with Crippen molar-refractivity contribution in [3.8, 4) is 5.75 Å². The first-order valence-electron chi connectivity index (χ1n) is 5.96. The Morgan fingerprint density at radius 3 is 2.67 bits per heavy atom. The number of hydrogen-bond donors (Lipinski definition) is 1. The van der Waals surface area contributed by atoms with E-state index in [0.717, 1.165) is 31.7 Å². The number of halogens is 1. The van der Waals surface area contributed by atoms with Gasteiger partial charge in [0, 0.05) is 11.8 Å². The van der Waals surface area contributed by atoms with E-state index >= 15 is 0 Å². The van der Waals surface area contributed by atoms with E-state index in [2.05, 4.69) is 4.74 Å². The lowest BCUT2D eigenvalue weighted by Gasteiger charge is -2.15. The minimum atomic E-state index is -0.594. The molecule has 0 heterocycles. The molecule has 0 unspecified atom stereocenters. The van der Waals surface area contributed by atoms with E-state index < -0.39 is 11.8 Å². The Balaban J connectivity index is 2.25. The van der Waals surface area contributed by atoms with Crippen molar-refractivity contribution in [2.75, 3.05) is 12.8 Å². The molecule has 0 spiro atoms. The largest absolute Gasteiger partial charge is 0.487 e. The van der Waals surface area contributed by atoms with Crippen LogP contribution in [0, 0.1) is 5.82 Å². The molecule has 1 saturated carbocycles. The molecule has 1 aromatic rings. The second kappa shape index (κ2) is 5.25. The summed E-state index contributed by atoms with van der Waals surface area (Å²) in [6, 6.07) is 2.41. The van der Waals surface area contributed by atoms with Gasteiger partial charge in [-0.25, -0.2) is 9.18 Å². The maximum absolute atomic E-state index is 13.7. The highest BCUT2D eigenvalue weighted by atomic mass is 19.1. The summed E-state index contributed by atoms with van der Waals surface area (Å²) in [5, 5.41) is 0. The van der Waals surface area contributed by atoms with Gasteiger partial charge in [-0.1, -0.05) is 0 Å². The molecule has 5 heteroatoms. The molecule has 0 aliphatic heterocycles. The van der Waals surface area contributed by atoms with Gasteiger partial charge >= 0.3 is 5.97 Å². The summed E-state index contributed by atoms with van der Waals surface area (Å²) in [6.45, 7) is 0. The normalized spacial score (nSPS) is 15.7. The van der Waals surface area contributed by atoms with Crippen molar-refractivity contribution in [1.82, 2.24) is 0 Å². The zero-order chi connectivity index (χ0) is 13.1. The van der Waals surface area contributed by atoms with Crippen molar-refractivity contribution >= 4 is 11.7 Å². The molecule has 2 rings (SSSR count). The fraction of sp³-hybridized carbons (Fsp3) is 0.462. The number of benzene rings is 1. The van der Waals surface area contributed by atoms with Gasteiger partial charge in [0.2, 0.25) is 0 Å². The van der Waals surface area contributed by atoms with Gasteiger partial charge in [-0.15, -0.1) is 0 Å². The number of nitrogen functional groups attached to an aromatic ring is 1. The van der Waals surface area contributed by atoms with Gasteiger partial charge in [-0.2, -0.15) is 0 Å². The summed E-state index contributed by atoms with van der Waals surface area (Å²) in [7, 11) is 1.25. The molecule has 0 atom stereocenters. The first-order chi connectivity index (χ1) is 8.61. The van der Waals surface area contributed by atoms with Crippen LogP contribution in [0.4, 0.5) is 10.1 Å². The van der Waals surface area contributed by atoms with Gasteiger partial charge in [0.25, 0.3) is 0 Å². The lowest BCUT2D eigenvalue weighted by Crippen LogP contribution is -2.13. The molecular weight excluding hydrogens is 237 g/mol. The fourth-order valence-corrected chi connectivity index (χ4v) is 2.13. The highest BCUT2D eigenvalue weighted by molar-refractivity contribution is 5.95. The van der Waals surface area contributed by atoms with E-state index in [1.165, 1.54) is 13.2 Å². The molecule has 1 aromatic carbocycles. The van der Waals surface area contributed by atoms with E-state index in [1.54, 1.807) is 0 Å². The van der Waals surface area contributed by atoms with E-state index in [1.807, 2.05) is 0 Å². The summed E-state index contributed by atoms with van der Waals surface area (Å²) < 4.78 is 23.8. The fourth-order valence-electron chi connectivity index (χ4n) is 2.13. The number of nitrogens with two attached hydrogens (primary N) is 1. The smallest absolute Gasteiger partial charge is 0.340 e. The molecule has 0 amide bonds. The molecule has 2 N–H and O–H groups in total. The number of anilines is 1. The highest BCUT2D eigenvalue weighted by Crippen LogP contribution is 2.29. The van der Waals surface area contributed by atoms with Crippen LogP contribution in [-0.4, -0.2) is 19.2 Å². The van der Waals surface area contributed by atoms with Crippen molar-refractivity contribution in [2.45, 2.75) is 31.8 Å². The number of methoxy groups -OCH3 is 1. The second-order valence-electron chi connectivity index (χ2n) is 4.39. The second-order valence-corrected chi connectivity index (χ2v) is 4.39. The van der Waals surface area contributed by atoms with Crippen LogP contribution < -0.4 is 10.5 Å². The molecule has 1 aliphatic carbocycles. The molecular formula is C13H16FNO3. The van der Waals surface area contributed by atoms with Crippen molar-refractivity contribution < 1.29 is 18.7 Å². The summed E-state index contributed by atoms with van der Waals surface area (Å²) in [4.78, 5) is 11.5. The number of carbonyl (C=O) groups is 1. The van der Waals surface area contributed by atoms with Crippen LogP contribution in [0.3, 0.4) is 0 Å². The van der Waals surface area contributed by atoms with Crippen LogP contribution in [0.1, 0.15) is 36.0 Å². The Kier molecular flexibility index (Phi) is 3.69. The average molecular weight is 253 g/mol. The Bertz CT molecular complexity index is 456. The monoisotopic (exact) mass is 253 g/mol. The minimum absolute atomic E-state index is 0.0219. The third kappa shape index (κ3) is 2.55. The molecule has 0 bridgehead atoms. The quantitative estimate of drug-likeness (QED) is 0.664. The lowest BCUT2D eigenvalue weighted by atomic mass is 10.1. The third-order valence-electron chi connectivity index (χ3n) is 3.11. The number of carbonyl (C=O) groups excluding carboxylic acids is 1. The van der Waals surface area contributed by atoms with Gasteiger partial charge in [0.1, 0.15) is 0 Å². The predicted molar refractivity (Wildman–Crippen MR) is 65.0 cm³/mol. The minimum Gasteiger partial charge on any atom is -0.487 e. The third-order valence-corrected chi connectivity index (χ3v) is 3.11. The molecule has 0 aromatic heterocycles. The summed E-state index contributed by atoms with van der Waals surface area (Å²) in [6.07, 6.45) is 4.03. The lowest BCUT2D eigenvalue weighted by molar-refractivity contribution is 0.0601. The van der Waals surface area contributed by atoms with E-state index in [0.29, 0.717) is 0 Å². The van der Waals surface area contributed by atoms with Crippen molar-refractivity contribution in [2.24, 2.45) is 0 Å². The zero-order valence-electron chi connectivity index (χ0n) is 10.2. The molecule has 1 fully saturated rings. The van der Waals surface area contributed by atoms with Crippen LogP contribution in [0.5, 0.6) is 5.75 Å². The average Bonchev–Trinajstić information content (AvgIpc) is 2.84. The number of hydrogen-bond acceptors (Lipinski definition) is 4. The van der Waals surface area contributed by atoms with Crippen LogP contribution in [0.2, 0.25) is 0 Å². The van der Waals surface area contributed by atoms with E-state index in [4.69, 9.17) is 10.5 Å². The van der Waals surface area contributed by atoms with Crippen LogP contribution >= 0.6 is 0 Å². The van der Waals surface area contributed by atoms with Gasteiger partial charge < -0.3 is 15.2 Å². The molecule has 98 valence electrons. The molecule has 4 nitrogen and oxygen atoms in total. The number of rotatable bonds is 3. The van der Waals surface area contributed by atoms with Crippen molar-refractivity contribution in [3.63, 3.8) is 0 Å². The number of ether oxygens (including phenoxy) is 2. The van der Waals surface area contributed by atoms with E-state index in [9.17, 15) is 9.18 Å². The summed E-state index contributed by atoms with van der Waals surface area (Å²) >= 11 is 0. The van der Waals surface area contributed by atoms with Crippen LogP contribution in [-0.2, 0) is 4.74 Å². The summed E-state index contributed by atoms with van der Waals surface area (Å²) in [5.41, 5.74) is 5.76.